The highest BCUT2D eigenvalue weighted by Gasteiger charge is 2.08. The van der Waals surface area contributed by atoms with E-state index in [2.05, 4.69) is 22.2 Å². The Morgan fingerprint density at radius 1 is 1.36 bits per heavy atom. The molecule has 1 aromatic carbocycles. The van der Waals surface area contributed by atoms with Crippen LogP contribution in [-0.4, -0.2) is 42.6 Å². The summed E-state index contributed by atoms with van der Waals surface area (Å²) in [4.78, 5) is 12.2. The summed E-state index contributed by atoms with van der Waals surface area (Å²) >= 11 is 1.69. The van der Waals surface area contributed by atoms with Gasteiger partial charge in [-0.05, 0) is 25.5 Å². The van der Waals surface area contributed by atoms with Crippen molar-refractivity contribution in [2.75, 3.05) is 26.7 Å². The number of rotatable bonds is 8. The Bertz CT molecular complexity index is 689. The Hall–Kier alpha value is -2.15. The minimum Gasteiger partial charge on any atom is -0.489 e. The van der Waals surface area contributed by atoms with Crippen molar-refractivity contribution in [1.82, 2.24) is 15.2 Å². The highest BCUT2D eigenvalue weighted by molar-refractivity contribution is 7.11. The fourth-order valence-corrected chi connectivity index (χ4v) is 2.94. The number of likely N-dealkylation sites (N-methyl/N-ethyl adjacent to an activating group) is 1. The maximum Gasteiger partial charge on any atom is 0.194 e. The van der Waals surface area contributed by atoms with Gasteiger partial charge in [0.2, 0.25) is 0 Å². The van der Waals surface area contributed by atoms with Gasteiger partial charge in [0.05, 0.1) is 13.1 Å². The van der Waals surface area contributed by atoms with Gasteiger partial charge in [-0.2, -0.15) is 0 Å². The van der Waals surface area contributed by atoms with E-state index < -0.39 is 0 Å². The summed E-state index contributed by atoms with van der Waals surface area (Å²) in [5, 5.41) is 4.26. The Kier molecular flexibility index (Phi) is 7.66. The third-order valence-electron chi connectivity index (χ3n) is 3.53. The molecule has 7 heteroatoms. The van der Waals surface area contributed by atoms with Crippen molar-refractivity contribution in [3.05, 3.63) is 46.2 Å². The number of aromatic nitrogens is 1. The molecule has 2 aromatic rings. The fourth-order valence-electron chi connectivity index (χ4n) is 2.16. The van der Waals surface area contributed by atoms with E-state index in [0.29, 0.717) is 19.7 Å². The van der Waals surface area contributed by atoms with Gasteiger partial charge in [0, 0.05) is 24.7 Å². The maximum absolute atomic E-state index is 13.6. The van der Waals surface area contributed by atoms with E-state index >= 15 is 0 Å². The van der Waals surface area contributed by atoms with Crippen LogP contribution in [0, 0.1) is 5.82 Å². The average molecular weight is 364 g/mol. The number of aliphatic imine (C=N–C) groups is 1. The lowest BCUT2D eigenvalue weighted by Gasteiger charge is -2.22. The molecule has 0 aliphatic heterocycles. The lowest BCUT2D eigenvalue weighted by atomic mass is 10.3. The molecule has 1 aromatic heterocycles. The first kappa shape index (κ1) is 19.2. The summed E-state index contributed by atoms with van der Waals surface area (Å²) in [6.45, 7) is 6.43. The largest absolute Gasteiger partial charge is 0.489 e. The fraction of sp³-hybridized carbons (Fsp3) is 0.444. The van der Waals surface area contributed by atoms with Crippen molar-refractivity contribution in [2.45, 2.75) is 26.8 Å². The molecule has 0 radical (unpaired) electrons. The Balaban J connectivity index is 1.89. The third kappa shape index (κ3) is 6.01. The van der Waals surface area contributed by atoms with Crippen molar-refractivity contribution >= 4 is 17.3 Å². The summed E-state index contributed by atoms with van der Waals surface area (Å²) in [5.74, 6) is 0.710. The molecule has 0 fully saturated rings. The first-order valence-corrected chi connectivity index (χ1v) is 9.26. The van der Waals surface area contributed by atoms with Crippen LogP contribution in [0.2, 0.25) is 0 Å². The van der Waals surface area contributed by atoms with Crippen molar-refractivity contribution in [1.29, 1.82) is 0 Å². The molecule has 0 saturated carbocycles. The van der Waals surface area contributed by atoms with E-state index in [9.17, 15) is 4.39 Å². The Morgan fingerprint density at radius 3 is 2.84 bits per heavy atom. The van der Waals surface area contributed by atoms with Crippen molar-refractivity contribution in [3.8, 4) is 5.75 Å². The van der Waals surface area contributed by atoms with E-state index in [1.807, 2.05) is 25.1 Å². The van der Waals surface area contributed by atoms with Gasteiger partial charge < -0.3 is 15.0 Å². The quantitative estimate of drug-likeness (QED) is 0.577. The topological polar surface area (TPSA) is 49.8 Å². The number of halogens is 1. The van der Waals surface area contributed by atoms with Gasteiger partial charge in [-0.1, -0.05) is 19.1 Å². The number of aryl methyl sites for hydroxylation is 1. The van der Waals surface area contributed by atoms with Gasteiger partial charge in [-0.3, -0.25) is 0 Å². The van der Waals surface area contributed by atoms with Gasteiger partial charge in [-0.15, -0.1) is 11.3 Å². The molecule has 1 heterocycles. The van der Waals surface area contributed by atoms with Crippen molar-refractivity contribution in [2.24, 2.45) is 4.99 Å². The van der Waals surface area contributed by atoms with Gasteiger partial charge in [0.25, 0.3) is 0 Å². The number of guanidine groups is 1. The standard InChI is InChI=1S/C18H25FN4OS/c1-4-14-12-21-17(25-14)13-22-18(20-5-2)23(3)10-11-24-16-9-7-6-8-15(16)19/h6-9,12H,4-5,10-11,13H2,1-3H3,(H,20,22). The van der Waals surface area contributed by atoms with Crippen LogP contribution in [0.4, 0.5) is 4.39 Å². The minimum atomic E-state index is -0.346. The van der Waals surface area contributed by atoms with Gasteiger partial charge in [0.1, 0.15) is 11.6 Å². The number of thiazole rings is 1. The molecule has 0 spiro atoms. The number of nitrogens with one attached hydrogen (secondary N) is 1. The smallest absolute Gasteiger partial charge is 0.194 e. The second-order valence-electron chi connectivity index (χ2n) is 5.44. The van der Waals surface area contributed by atoms with Crippen LogP contribution in [0.1, 0.15) is 23.7 Å². The highest BCUT2D eigenvalue weighted by Crippen LogP contribution is 2.15. The van der Waals surface area contributed by atoms with Crippen molar-refractivity contribution < 1.29 is 9.13 Å². The van der Waals surface area contributed by atoms with E-state index in [0.717, 1.165) is 23.9 Å². The molecule has 0 unspecified atom stereocenters. The van der Waals surface area contributed by atoms with Crippen LogP contribution in [-0.2, 0) is 13.0 Å². The van der Waals surface area contributed by atoms with Crippen LogP contribution in [0.25, 0.3) is 0 Å². The summed E-state index contributed by atoms with van der Waals surface area (Å²) in [7, 11) is 1.94. The Morgan fingerprint density at radius 2 is 2.16 bits per heavy atom. The predicted octanol–water partition coefficient (Wildman–Crippen LogP) is 3.32. The van der Waals surface area contributed by atoms with E-state index in [-0.39, 0.29) is 11.6 Å². The molecule has 0 atom stereocenters. The first-order chi connectivity index (χ1) is 12.1. The molecule has 0 bridgehead atoms. The van der Waals surface area contributed by atoms with Crippen molar-refractivity contribution in [3.63, 3.8) is 0 Å². The molecular weight excluding hydrogens is 339 g/mol. The minimum absolute atomic E-state index is 0.271. The van der Waals surface area contributed by atoms with Crippen LogP contribution >= 0.6 is 11.3 Å². The lowest BCUT2D eigenvalue weighted by molar-refractivity contribution is 0.270. The molecule has 5 nitrogen and oxygen atoms in total. The van der Waals surface area contributed by atoms with Crippen LogP contribution < -0.4 is 10.1 Å². The van der Waals surface area contributed by atoms with Gasteiger partial charge >= 0.3 is 0 Å². The molecular formula is C18H25FN4OS. The summed E-state index contributed by atoms with van der Waals surface area (Å²) in [6, 6.07) is 6.42. The third-order valence-corrected chi connectivity index (χ3v) is 4.66. The molecule has 136 valence electrons. The number of hydrogen-bond acceptors (Lipinski definition) is 4. The SMILES string of the molecule is CCNC(=NCc1ncc(CC)s1)N(C)CCOc1ccccc1F. The predicted molar refractivity (Wildman–Crippen MR) is 101 cm³/mol. The second-order valence-corrected chi connectivity index (χ2v) is 6.64. The van der Waals surface area contributed by atoms with Crippen LogP contribution in [0.3, 0.4) is 0 Å². The zero-order chi connectivity index (χ0) is 18.1. The number of hydrogen-bond donors (Lipinski definition) is 1. The Labute approximate surface area is 152 Å². The molecule has 2 rings (SSSR count). The second kappa shape index (κ2) is 9.98. The maximum atomic E-state index is 13.6. The number of para-hydroxylation sites is 1. The number of ether oxygens (including phenoxy) is 1. The molecule has 0 aliphatic carbocycles. The average Bonchev–Trinajstić information content (AvgIpc) is 3.08. The molecule has 0 amide bonds. The highest BCUT2D eigenvalue weighted by atomic mass is 32.1. The van der Waals surface area contributed by atoms with Gasteiger partial charge in [0.15, 0.2) is 17.5 Å². The monoisotopic (exact) mass is 364 g/mol. The summed E-state index contributed by atoms with van der Waals surface area (Å²) in [5.41, 5.74) is 0. The molecule has 0 saturated heterocycles. The lowest BCUT2D eigenvalue weighted by Crippen LogP contribution is -2.40. The molecule has 25 heavy (non-hydrogen) atoms. The number of benzene rings is 1. The summed E-state index contributed by atoms with van der Waals surface area (Å²) in [6.07, 6.45) is 2.91. The zero-order valence-corrected chi connectivity index (χ0v) is 15.8. The van der Waals surface area contributed by atoms with Crippen LogP contribution in [0.15, 0.2) is 35.5 Å². The molecule has 1 N–H and O–H groups in total. The van der Waals surface area contributed by atoms with Gasteiger partial charge in [-0.25, -0.2) is 14.4 Å². The zero-order valence-electron chi connectivity index (χ0n) is 15.0. The van der Waals surface area contributed by atoms with E-state index in [1.165, 1.54) is 10.9 Å². The van der Waals surface area contributed by atoms with E-state index in [1.54, 1.807) is 29.5 Å². The number of nitrogens with zero attached hydrogens (tertiary/aromatic N) is 3. The summed E-state index contributed by atoms with van der Waals surface area (Å²) < 4.78 is 19.1. The van der Waals surface area contributed by atoms with Crippen LogP contribution in [0.5, 0.6) is 5.75 Å². The normalized spacial score (nSPS) is 11.4. The first-order valence-electron chi connectivity index (χ1n) is 8.44. The molecule has 0 aliphatic rings. The van der Waals surface area contributed by atoms with E-state index in [4.69, 9.17) is 4.74 Å².